The average Bonchev–Trinajstić information content (AvgIpc) is 2.79. The highest BCUT2D eigenvalue weighted by molar-refractivity contribution is 5.54. The summed E-state index contributed by atoms with van der Waals surface area (Å²) in [5.41, 5.74) is 6.26. The lowest BCUT2D eigenvalue weighted by Crippen LogP contribution is -1.97. The maximum absolute atomic E-state index is 5.40. The van der Waals surface area contributed by atoms with E-state index in [9.17, 15) is 0 Å². The Labute approximate surface area is 93.2 Å². The van der Waals surface area contributed by atoms with Gasteiger partial charge in [-0.15, -0.1) is 0 Å². The van der Waals surface area contributed by atoms with Crippen LogP contribution in [0.5, 0.6) is 5.75 Å². The van der Waals surface area contributed by atoms with Crippen LogP contribution in [0.2, 0.25) is 0 Å². The van der Waals surface area contributed by atoms with Crippen molar-refractivity contribution in [3.05, 3.63) is 30.1 Å². The molecule has 0 radical (unpaired) electrons. The van der Waals surface area contributed by atoms with Gasteiger partial charge >= 0.3 is 0 Å². The Bertz CT molecular complexity index is 451. The van der Waals surface area contributed by atoms with E-state index in [2.05, 4.69) is 10.1 Å². The molecule has 1 heterocycles. The highest BCUT2D eigenvalue weighted by Gasteiger charge is 2.07. The second-order valence-electron chi connectivity index (χ2n) is 3.18. The van der Waals surface area contributed by atoms with Gasteiger partial charge in [0.2, 0.25) is 0 Å². The Kier molecular flexibility index (Phi) is 3.16. The number of hydrogen-bond acceptors (Lipinski definition) is 5. The quantitative estimate of drug-likeness (QED) is 0.845. The van der Waals surface area contributed by atoms with Crippen molar-refractivity contribution in [2.24, 2.45) is 5.73 Å². The molecule has 0 saturated heterocycles. The van der Waals surface area contributed by atoms with Crippen molar-refractivity contribution in [3.8, 4) is 17.2 Å². The Morgan fingerprint density at radius 2 is 2.06 bits per heavy atom. The molecule has 0 bridgehead atoms. The lowest BCUT2D eigenvalue weighted by atomic mass is 10.2. The van der Waals surface area contributed by atoms with Gasteiger partial charge in [-0.1, -0.05) is 5.16 Å². The third kappa shape index (κ3) is 2.20. The third-order valence-electron chi connectivity index (χ3n) is 2.06. The lowest BCUT2D eigenvalue weighted by Gasteiger charge is -2.01. The summed E-state index contributed by atoms with van der Waals surface area (Å²) in [7, 11) is 0. The van der Waals surface area contributed by atoms with E-state index in [1.165, 1.54) is 0 Å². The summed E-state index contributed by atoms with van der Waals surface area (Å²) in [5.74, 6) is 1.80. The van der Waals surface area contributed by atoms with E-state index in [0.717, 1.165) is 11.3 Å². The lowest BCUT2D eigenvalue weighted by molar-refractivity contribution is 0.340. The molecule has 0 saturated carbocycles. The molecule has 0 aliphatic carbocycles. The molecule has 16 heavy (non-hydrogen) atoms. The smallest absolute Gasteiger partial charge is 0.257 e. The van der Waals surface area contributed by atoms with Crippen LogP contribution in [0.25, 0.3) is 11.5 Å². The monoisotopic (exact) mass is 219 g/mol. The SMILES string of the molecule is CCOc1ccc(-c2nc(CN)no2)cc1. The van der Waals surface area contributed by atoms with Crippen LogP contribution in [-0.4, -0.2) is 16.7 Å². The Hall–Kier alpha value is -1.88. The number of benzene rings is 1. The molecule has 0 aliphatic rings. The maximum atomic E-state index is 5.40. The van der Waals surface area contributed by atoms with Crippen LogP contribution < -0.4 is 10.5 Å². The van der Waals surface area contributed by atoms with Crippen molar-refractivity contribution in [3.63, 3.8) is 0 Å². The number of nitrogens with two attached hydrogens (primary N) is 1. The molecule has 1 aromatic carbocycles. The first-order chi connectivity index (χ1) is 7.83. The molecule has 2 N–H and O–H groups in total. The number of nitrogens with zero attached hydrogens (tertiary/aromatic N) is 2. The topological polar surface area (TPSA) is 74.2 Å². The van der Waals surface area contributed by atoms with Crippen LogP contribution >= 0.6 is 0 Å². The molecule has 0 spiro atoms. The van der Waals surface area contributed by atoms with Gasteiger partial charge in [-0.25, -0.2) is 0 Å². The molecule has 2 rings (SSSR count). The van der Waals surface area contributed by atoms with E-state index >= 15 is 0 Å². The van der Waals surface area contributed by atoms with Gasteiger partial charge in [-0.3, -0.25) is 0 Å². The van der Waals surface area contributed by atoms with Gasteiger partial charge in [0.1, 0.15) is 5.75 Å². The summed E-state index contributed by atoms with van der Waals surface area (Å²) >= 11 is 0. The third-order valence-corrected chi connectivity index (χ3v) is 2.06. The van der Waals surface area contributed by atoms with Crippen molar-refractivity contribution in [1.82, 2.24) is 10.1 Å². The summed E-state index contributed by atoms with van der Waals surface area (Å²) in [6.45, 7) is 2.87. The minimum Gasteiger partial charge on any atom is -0.494 e. The zero-order valence-corrected chi connectivity index (χ0v) is 9.01. The Morgan fingerprint density at radius 1 is 1.31 bits per heavy atom. The first-order valence-electron chi connectivity index (χ1n) is 5.09. The normalized spacial score (nSPS) is 10.4. The predicted octanol–water partition coefficient (Wildman–Crippen LogP) is 1.59. The molecule has 5 nitrogen and oxygen atoms in total. The minimum atomic E-state index is 0.278. The number of rotatable bonds is 4. The maximum Gasteiger partial charge on any atom is 0.257 e. The van der Waals surface area contributed by atoms with Crippen molar-refractivity contribution in [2.75, 3.05) is 6.61 Å². The molecular weight excluding hydrogens is 206 g/mol. The molecule has 0 atom stereocenters. The molecule has 0 amide bonds. The first-order valence-corrected chi connectivity index (χ1v) is 5.09. The molecule has 84 valence electrons. The molecule has 5 heteroatoms. The number of aromatic nitrogens is 2. The standard InChI is InChI=1S/C11H13N3O2/c1-2-15-9-5-3-8(4-6-9)11-13-10(7-12)14-16-11/h3-6H,2,7,12H2,1H3. The van der Waals surface area contributed by atoms with E-state index in [1.807, 2.05) is 31.2 Å². The fourth-order valence-corrected chi connectivity index (χ4v) is 1.31. The second-order valence-corrected chi connectivity index (χ2v) is 3.18. The zero-order valence-electron chi connectivity index (χ0n) is 9.01. The van der Waals surface area contributed by atoms with Crippen LogP contribution in [0.4, 0.5) is 0 Å². The highest BCUT2D eigenvalue weighted by atomic mass is 16.5. The average molecular weight is 219 g/mol. The Balaban J connectivity index is 2.20. The van der Waals surface area contributed by atoms with Gasteiger partial charge in [-0.05, 0) is 31.2 Å². The molecule has 1 aromatic heterocycles. The zero-order chi connectivity index (χ0) is 11.4. The minimum absolute atomic E-state index is 0.278. The largest absolute Gasteiger partial charge is 0.494 e. The van der Waals surface area contributed by atoms with E-state index in [-0.39, 0.29) is 6.54 Å². The van der Waals surface area contributed by atoms with E-state index in [4.69, 9.17) is 15.0 Å². The van der Waals surface area contributed by atoms with Gasteiger partial charge in [0.05, 0.1) is 13.2 Å². The van der Waals surface area contributed by atoms with Gasteiger partial charge in [0.25, 0.3) is 5.89 Å². The van der Waals surface area contributed by atoms with Crippen molar-refractivity contribution in [2.45, 2.75) is 13.5 Å². The summed E-state index contributed by atoms with van der Waals surface area (Å²) in [4.78, 5) is 4.13. The van der Waals surface area contributed by atoms with Gasteiger partial charge < -0.3 is 15.0 Å². The highest BCUT2D eigenvalue weighted by Crippen LogP contribution is 2.20. The molecule has 0 aliphatic heterocycles. The molecule has 0 fully saturated rings. The summed E-state index contributed by atoms with van der Waals surface area (Å²) in [6.07, 6.45) is 0. The first kappa shape index (κ1) is 10.6. The van der Waals surface area contributed by atoms with Gasteiger partial charge in [0, 0.05) is 5.56 Å². The van der Waals surface area contributed by atoms with Crippen LogP contribution in [0.3, 0.4) is 0 Å². The van der Waals surface area contributed by atoms with Crippen LogP contribution in [-0.2, 0) is 6.54 Å². The predicted molar refractivity (Wildman–Crippen MR) is 58.8 cm³/mol. The van der Waals surface area contributed by atoms with Gasteiger partial charge in [-0.2, -0.15) is 4.98 Å². The number of ether oxygens (including phenoxy) is 1. The van der Waals surface area contributed by atoms with E-state index in [1.54, 1.807) is 0 Å². The molecular formula is C11H13N3O2. The van der Waals surface area contributed by atoms with E-state index < -0.39 is 0 Å². The molecule has 2 aromatic rings. The van der Waals surface area contributed by atoms with Crippen LogP contribution in [0, 0.1) is 0 Å². The summed E-state index contributed by atoms with van der Waals surface area (Å²) < 4.78 is 10.4. The van der Waals surface area contributed by atoms with E-state index in [0.29, 0.717) is 18.3 Å². The van der Waals surface area contributed by atoms with Crippen molar-refractivity contribution in [1.29, 1.82) is 0 Å². The van der Waals surface area contributed by atoms with Gasteiger partial charge in [0.15, 0.2) is 5.82 Å². The van der Waals surface area contributed by atoms with Crippen LogP contribution in [0.1, 0.15) is 12.7 Å². The fraction of sp³-hybridized carbons (Fsp3) is 0.273. The summed E-state index contributed by atoms with van der Waals surface area (Å²) in [6, 6.07) is 7.48. The summed E-state index contributed by atoms with van der Waals surface area (Å²) in [5, 5.41) is 3.73. The fourth-order valence-electron chi connectivity index (χ4n) is 1.31. The van der Waals surface area contributed by atoms with Crippen molar-refractivity contribution >= 4 is 0 Å². The van der Waals surface area contributed by atoms with Crippen molar-refractivity contribution < 1.29 is 9.26 Å². The van der Waals surface area contributed by atoms with Crippen LogP contribution in [0.15, 0.2) is 28.8 Å². The Morgan fingerprint density at radius 3 is 2.62 bits per heavy atom. The number of hydrogen-bond donors (Lipinski definition) is 1. The second kappa shape index (κ2) is 4.76. The molecule has 0 unspecified atom stereocenters.